The number of benzene rings is 1. The fraction of sp³-hybridized carbons (Fsp3) is 0.667. The summed E-state index contributed by atoms with van der Waals surface area (Å²) in [6.07, 6.45) is 1.90. The third kappa shape index (κ3) is 6.68. The fourth-order valence-corrected chi connectivity index (χ4v) is 4.28. The molecule has 1 amide bonds. The van der Waals surface area contributed by atoms with E-state index in [1.165, 1.54) is 5.69 Å². The summed E-state index contributed by atoms with van der Waals surface area (Å²) >= 11 is 0. The molecular weight excluding hydrogens is 406 g/mol. The van der Waals surface area contributed by atoms with E-state index in [0.717, 1.165) is 70.4 Å². The van der Waals surface area contributed by atoms with Gasteiger partial charge in [-0.25, -0.2) is 4.79 Å². The van der Waals surface area contributed by atoms with E-state index in [1.807, 2.05) is 44.9 Å². The van der Waals surface area contributed by atoms with Gasteiger partial charge in [0, 0.05) is 64.6 Å². The highest BCUT2D eigenvalue weighted by atomic mass is 16.6. The number of hydrogen-bond acceptors (Lipinski definition) is 5. The van der Waals surface area contributed by atoms with Crippen LogP contribution in [0.1, 0.15) is 33.6 Å². The first-order valence-corrected chi connectivity index (χ1v) is 11.6. The molecule has 0 aromatic heterocycles. The number of anilines is 1. The Labute approximate surface area is 192 Å². The van der Waals surface area contributed by atoms with Gasteiger partial charge in [0.1, 0.15) is 11.4 Å². The molecule has 2 fully saturated rings. The zero-order chi connectivity index (χ0) is 23.1. The lowest BCUT2D eigenvalue weighted by Crippen LogP contribution is -2.54. The summed E-state index contributed by atoms with van der Waals surface area (Å²) in [6.45, 7) is 11.7. The number of nitrogens with zero attached hydrogens (tertiary/aromatic N) is 4. The lowest BCUT2D eigenvalue weighted by molar-refractivity contribution is 0.0168. The molecule has 2 heterocycles. The minimum Gasteiger partial charge on any atom is -0.497 e. The van der Waals surface area contributed by atoms with Gasteiger partial charge in [-0.1, -0.05) is 6.07 Å². The number of likely N-dealkylation sites (tertiary alicyclic amines) is 1. The molecule has 1 aromatic rings. The van der Waals surface area contributed by atoms with E-state index >= 15 is 0 Å². The predicted molar refractivity (Wildman–Crippen MR) is 129 cm³/mol. The second-order valence-corrected chi connectivity index (χ2v) is 9.54. The van der Waals surface area contributed by atoms with Gasteiger partial charge in [0.05, 0.1) is 7.11 Å². The third-order valence-electron chi connectivity index (χ3n) is 5.93. The lowest BCUT2D eigenvalue weighted by Gasteiger charge is -2.38. The van der Waals surface area contributed by atoms with Crippen molar-refractivity contribution >= 4 is 17.7 Å². The number of nitrogens with one attached hydrogen (secondary N) is 1. The Hall–Kier alpha value is -2.64. The van der Waals surface area contributed by atoms with Gasteiger partial charge in [-0.15, -0.1) is 0 Å². The second-order valence-electron chi connectivity index (χ2n) is 9.54. The highest BCUT2D eigenvalue weighted by Gasteiger charge is 2.28. The average molecular weight is 446 g/mol. The van der Waals surface area contributed by atoms with Crippen molar-refractivity contribution in [2.24, 2.45) is 10.9 Å². The van der Waals surface area contributed by atoms with Crippen molar-refractivity contribution in [3.8, 4) is 5.75 Å². The van der Waals surface area contributed by atoms with Crippen LogP contribution in [-0.2, 0) is 4.74 Å². The third-order valence-corrected chi connectivity index (χ3v) is 5.93. The first kappa shape index (κ1) is 24.0. The normalized spacial score (nSPS) is 20.2. The van der Waals surface area contributed by atoms with Crippen LogP contribution < -0.4 is 15.0 Å². The number of carbonyl (C=O) groups is 1. The van der Waals surface area contributed by atoms with E-state index in [0.29, 0.717) is 5.92 Å². The topological polar surface area (TPSA) is 69.6 Å². The number of piperazine rings is 1. The Morgan fingerprint density at radius 1 is 1.16 bits per heavy atom. The van der Waals surface area contributed by atoms with Crippen LogP contribution in [0.15, 0.2) is 29.3 Å². The molecule has 1 unspecified atom stereocenters. The molecule has 2 saturated heterocycles. The summed E-state index contributed by atoms with van der Waals surface area (Å²) < 4.78 is 10.9. The molecule has 2 aliphatic heterocycles. The van der Waals surface area contributed by atoms with E-state index in [-0.39, 0.29) is 6.09 Å². The number of hydrogen-bond donors (Lipinski definition) is 1. The van der Waals surface area contributed by atoms with Crippen molar-refractivity contribution in [1.29, 1.82) is 0 Å². The molecule has 0 aliphatic carbocycles. The molecule has 3 rings (SSSR count). The minimum atomic E-state index is -0.461. The maximum atomic E-state index is 12.4. The molecule has 1 atom stereocenters. The van der Waals surface area contributed by atoms with Crippen molar-refractivity contribution in [2.75, 3.05) is 64.9 Å². The fourth-order valence-electron chi connectivity index (χ4n) is 4.28. The van der Waals surface area contributed by atoms with Crippen molar-refractivity contribution < 1.29 is 14.3 Å². The van der Waals surface area contributed by atoms with Gasteiger partial charge in [-0.3, -0.25) is 4.99 Å². The van der Waals surface area contributed by atoms with Crippen molar-refractivity contribution in [3.05, 3.63) is 24.3 Å². The monoisotopic (exact) mass is 445 g/mol. The number of methoxy groups -OCH3 is 1. The number of piperidine rings is 1. The minimum absolute atomic E-state index is 0.208. The van der Waals surface area contributed by atoms with Gasteiger partial charge in [-0.2, -0.15) is 0 Å². The van der Waals surface area contributed by atoms with Gasteiger partial charge in [0.25, 0.3) is 0 Å². The van der Waals surface area contributed by atoms with Gasteiger partial charge in [0.15, 0.2) is 5.96 Å². The number of aliphatic imine (C=N–C) groups is 1. The van der Waals surface area contributed by atoms with Gasteiger partial charge < -0.3 is 29.5 Å². The van der Waals surface area contributed by atoms with Crippen molar-refractivity contribution in [2.45, 2.75) is 39.2 Å². The maximum Gasteiger partial charge on any atom is 0.410 e. The maximum absolute atomic E-state index is 12.4. The summed E-state index contributed by atoms with van der Waals surface area (Å²) in [5.41, 5.74) is 0.730. The largest absolute Gasteiger partial charge is 0.497 e. The highest BCUT2D eigenvalue weighted by molar-refractivity contribution is 5.80. The van der Waals surface area contributed by atoms with Crippen LogP contribution in [0.2, 0.25) is 0 Å². The Bertz CT molecular complexity index is 784. The molecule has 178 valence electrons. The van der Waals surface area contributed by atoms with Crippen LogP contribution in [0.3, 0.4) is 0 Å². The lowest BCUT2D eigenvalue weighted by atomic mass is 9.98. The average Bonchev–Trinajstić information content (AvgIpc) is 2.79. The number of carbonyl (C=O) groups excluding carboxylic acids is 1. The van der Waals surface area contributed by atoms with Crippen LogP contribution in [0.5, 0.6) is 5.75 Å². The molecule has 1 aromatic carbocycles. The first-order valence-electron chi connectivity index (χ1n) is 11.6. The van der Waals surface area contributed by atoms with Crippen LogP contribution in [-0.4, -0.2) is 87.4 Å². The molecule has 1 N–H and O–H groups in total. The SMILES string of the molecule is CN=C(NCC1CCCN(C(=O)OC(C)(C)C)C1)N1CCN(c2cccc(OC)c2)CC1. The number of guanidine groups is 1. The zero-order valence-electron chi connectivity index (χ0n) is 20.3. The van der Waals surface area contributed by atoms with E-state index in [2.05, 4.69) is 32.2 Å². The van der Waals surface area contributed by atoms with Crippen LogP contribution in [0.25, 0.3) is 0 Å². The summed E-state index contributed by atoms with van der Waals surface area (Å²) in [7, 11) is 3.54. The Balaban J connectivity index is 1.47. The summed E-state index contributed by atoms with van der Waals surface area (Å²) in [6, 6.07) is 8.22. The standard InChI is InChI=1S/C24H39N5O3/c1-24(2,3)32-23(30)29-11-7-8-19(18-29)17-26-22(25-4)28-14-12-27(13-15-28)20-9-6-10-21(16-20)31-5/h6,9-10,16,19H,7-8,11-15,17-18H2,1-5H3,(H,25,26). The van der Waals surface area contributed by atoms with E-state index < -0.39 is 5.60 Å². The highest BCUT2D eigenvalue weighted by Crippen LogP contribution is 2.22. The van der Waals surface area contributed by atoms with E-state index in [4.69, 9.17) is 9.47 Å². The van der Waals surface area contributed by atoms with E-state index in [9.17, 15) is 4.79 Å². The van der Waals surface area contributed by atoms with Crippen molar-refractivity contribution in [1.82, 2.24) is 15.1 Å². The molecule has 8 nitrogen and oxygen atoms in total. The molecule has 32 heavy (non-hydrogen) atoms. The van der Waals surface area contributed by atoms with Crippen LogP contribution in [0, 0.1) is 5.92 Å². The van der Waals surface area contributed by atoms with Gasteiger partial charge in [-0.05, 0) is 51.7 Å². The van der Waals surface area contributed by atoms with Crippen LogP contribution >= 0.6 is 0 Å². The number of rotatable bonds is 4. The molecule has 0 bridgehead atoms. The second kappa shape index (κ2) is 10.8. The smallest absolute Gasteiger partial charge is 0.410 e. The zero-order valence-corrected chi connectivity index (χ0v) is 20.3. The summed E-state index contributed by atoms with van der Waals surface area (Å²) in [4.78, 5) is 23.5. The van der Waals surface area contributed by atoms with Gasteiger partial charge >= 0.3 is 6.09 Å². The van der Waals surface area contributed by atoms with E-state index in [1.54, 1.807) is 7.11 Å². The molecule has 8 heteroatoms. The Morgan fingerprint density at radius 2 is 1.91 bits per heavy atom. The quantitative estimate of drug-likeness (QED) is 0.568. The Kier molecular flexibility index (Phi) is 8.10. The van der Waals surface area contributed by atoms with Crippen LogP contribution in [0.4, 0.5) is 10.5 Å². The Morgan fingerprint density at radius 3 is 2.56 bits per heavy atom. The molecule has 0 radical (unpaired) electrons. The molecule has 0 saturated carbocycles. The molecule has 2 aliphatic rings. The van der Waals surface area contributed by atoms with Crippen molar-refractivity contribution in [3.63, 3.8) is 0 Å². The first-order chi connectivity index (χ1) is 15.3. The predicted octanol–water partition coefficient (Wildman–Crippen LogP) is 3.04. The molecular formula is C24H39N5O3. The van der Waals surface area contributed by atoms with Gasteiger partial charge in [0.2, 0.25) is 0 Å². The summed E-state index contributed by atoms with van der Waals surface area (Å²) in [5, 5.41) is 3.55. The summed E-state index contributed by atoms with van der Waals surface area (Å²) in [5.74, 6) is 2.21. The number of amides is 1. The molecule has 0 spiro atoms. The number of ether oxygens (including phenoxy) is 2.